The van der Waals surface area contributed by atoms with Gasteiger partial charge in [0.1, 0.15) is 5.60 Å². The van der Waals surface area contributed by atoms with Gasteiger partial charge in [-0.15, -0.1) is 0 Å². The first-order valence-corrected chi connectivity index (χ1v) is 9.18. The summed E-state index contributed by atoms with van der Waals surface area (Å²) in [5.41, 5.74) is 2.07. The third-order valence-electron chi connectivity index (χ3n) is 4.49. The highest BCUT2D eigenvalue weighted by molar-refractivity contribution is 5.90. The third-order valence-corrected chi connectivity index (χ3v) is 4.49. The number of para-hydroxylation sites is 1. The molecule has 0 spiro atoms. The highest BCUT2D eigenvalue weighted by Crippen LogP contribution is 2.31. The summed E-state index contributed by atoms with van der Waals surface area (Å²) < 4.78 is 5.46. The lowest BCUT2D eigenvalue weighted by Crippen LogP contribution is -2.47. The largest absolute Gasteiger partial charge is 0.444 e. The summed E-state index contributed by atoms with van der Waals surface area (Å²) in [6.07, 6.45) is 2.33. The number of hydrogen-bond acceptors (Lipinski definition) is 6. The molecule has 7 nitrogen and oxygen atoms in total. The van der Waals surface area contributed by atoms with Crippen LogP contribution in [0.1, 0.15) is 44.0 Å². The number of rotatable bonds is 4. The van der Waals surface area contributed by atoms with E-state index in [1.165, 1.54) is 0 Å². The zero-order valence-electron chi connectivity index (χ0n) is 17.3. The Kier molecular flexibility index (Phi) is 8.56. The first kappa shape index (κ1) is 22.8. The van der Waals surface area contributed by atoms with Gasteiger partial charge in [0.05, 0.1) is 11.4 Å². The van der Waals surface area contributed by atoms with E-state index < -0.39 is 5.60 Å². The van der Waals surface area contributed by atoms with E-state index in [0.717, 1.165) is 50.7 Å². The molecule has 0 radical (unpaired) electrons. The Morgan fingerprint density at radius 1 is 1.30 bits per heavy atom. The quantitative estimate of drug-likeness (QED) is 0.783. The molecule has 2 rings (SSSR count). The second-order valence-electron chi connectivity index (χ2n) is 7.42. The van der Waals surface area contributed by atoms with Gasteiger partial charge in [-0.25, -0.2) is 4.79 Å². The number of aliphatic hydroxyl groups is 1. The normalized spacial score (nSPS) is 14.7. The Morgan fingerprint density at radius 3 is 2.37 bits per heavy atom. The van der Waals surface area contributed by atoms with Gasteiger partial charge in [-0.2, -0.15) is 0 Å². The smallest absolute Gasteiger partial charge is 0.410 e. The molecular weight excluding hydrogens is 346 g/mol. The van der Waals surface area contributed by atoms with E-state index in [0.29, 0.717) is 5.56 Å². The number of aldehydes is 1. The first-order valence-electron chi connectivity index (χ1n) is 9.18. The molecule has 2 N–H and O–H groups in total. The number of carbonyl (C=O) groups excluding carboxylic acids is 2. The molecule has 0 aromatic heterocycles. The maximum atomic E-state index is 12.2. The van der Waals surface area contributed by atoms with E-state index in [4.69, 9.17) is 9.84 Å². The van der Waals surface area contributed by atoms with Gasteiger partial charge >= 0.3 is 6.09 Å². The molecule has 1 saturated heterocycles. The molecule has 1 amide bonds. The van der Waals surface area contributed by atoms with Crippen LogP contribution in [-0.2, 0) is 4.74 Å². The van der Waals surface area contributed by atoms with Crippen LogP contribution in [0.15, 0.2) is 18.2 Å². The molecule has 1 aromatic carbocycles. The average Bonchev–Trinajstić information content (AvgIpc) is 2.67. The molecule has 152 valence electrons. The van der Waals surface area contributed by atoms with E-state index in [1.54, 1.807) is 11.9 Å². The van der Waals surface area contributed by atoms with Gasteiger partial charge in [0, 0.05) is 45.9 Å². The Morgan fingerprint density at radius 2 is 1.89 bits per heavy atom. The summed E-state index contributed by atoms with van der Waals surface area (Å²) >= 11 is 0. The van der Waals surface area contributed by atoms with E-state index in [1.807, 2.05) is 46.0 Å². The predicted octanol–water partition coefficient (Wildman–Crippen LogP) is 2.99. The van der Waals surface area contributed by atoms with Crippen LogP contribution >= 0.6 is 0 Å². The zero-order chi connectivity index (χ0) is 20.6. The third kappa shape index (κ3) is 6.13. The minimum Gasteiger partial charge on any atom is -0.444 e. The molecule has 1 aliphatic heterocycles. The number of anilines is 2. The highest BCUT2D eigenvalue weighted by Gasteiger charge is 2.29. The van der Waals surface area contributed by atoms with Gasteiger partial charge in [0.25, 0.3) is 0 Å². The average molecular weight is 380 g/mol. The molecule has 0 atom stereocenters. The number of amides is 1. The number of ether oxygens (including phenoxy) is 1. The molecule has 0 saturated carbocycles. The number of aliphatic hydroxyl groups excluding tert-OH is 1. The Balaban J connectivity index is 0.00000176. The summed E-state index contributed by atoms with van der Waals surface area (Å²) in [6.45, 7) is 7.28. The first-order chi connectivity index (χ1) is 12.8. The van der Waals surface area contributed by atoms with Crippen LogP contribution in [0.3, 0.4) is 0 Å². The topological polar surface area (TPSA) is 82.1 Å². The number of hydrogen-bond donors (Lipinski definition) is 2. The number of piperidine rings is 1. The van der Waals surface area contributed by atoms with Crippen molar-refractivity contribution in [1.82, 2.24) is 4.90 Å². The summed E-state index contributed by atoms with van der Waals surface area (Å²) in [4.78, 5) is 27.4. The molecular formula is C20H33N3O4. The standard InChI is InChI=1S/C19H29N3O3.CH4O/c1-19(2,3)25-18(24)21(5)15-9-11-22(12-10-15)16-8-6-7-14(13-23)17(16)20-4;1-2/h6-8,13,15,20H,9-12H2,1-5H3;2H,1H3. The second kappa shape index (κ2) is 10.2. The van der Waals surface area contributed by atoms with Crippen molar-refractivity contribution < 1.29 is 19.4 Å². The summed E-state index contributed by atoms with van der Waals surface area (Å²) in [6, 6.07) is 5.90. The van der Waals surface area contributed by atoms with Crippen molar-refractivity contribution in [2.45, 2.75) is 45.3 Å². The van der Waals surface area contributed by atoms with Crippen LogP contribution in [-0.4, -0.2) is 68.3 Å². The minimum absolute atomic E-state index is 0.165. The summed E-state index contributed by atoms with van der Waals surface area (Å²) in [7, 11) is 4.63. The Labute approximate surface area is 162 Å². The van der Waals surface area contributed by atoms with Gasteiger partial charge < -0.3 is 25.0 Å². The monoisotopic (exact) mass is 379 g/mol. The van der Waals surface area contributed by atoms with Crippen molar-refractivity contribution in [2.75, 3.05) is 44.5 Å². The summed E-state index contributed by atoms with van der Waals surface area (Å²) in [5, 5.41) is 10.1. The lowest BCUT2D eigenvalue weighted by molar-refractivity contribution is 0.0201. The molecule has 1 aliphatic rings. The molecule has 0 unspecified atom stereocenters. The van der Waals surface area contributed by atoms with Crippen molar-refractivity contribution in [2.24, 2.45) is 0 Å². The fraction of sp³-hybridized carbons (Fsp3) is 0.600. The Bertz CT molecular complexity index is 620. The summed E-state index contributed by atoms with van der Waals surface area (Å²) in [5.74, 6) is 0. The van der Waals surface area contributed by atoms with Crippen molar-refractivity contribution in [3.8, 4) is 0 Å². The fourth-order valence-corrected chi connectivity index (χ4v) is 3.17. The molecule has 1 fully saturated rings. The van der Waals surface area contributed by atoms with E-state index in [2.05, 4.69) is 10.2 Å². The van der Waals surface area contributed by atoms with Crippen LogP contribution in [0.2, 0.25) is 0 Å². The number of nitrogens with zero attached hydrogens (tertiary/aromatic N) is 2. The number of carbonyl (C=O) groups is 2. The van der Waals surface area contributed by atoms with Crippen LogP contribution in [0.5, 0.6) is 0 Å². The molecule has 27 heavy (non-hydrogen) atoms. The molecule has 7 heteroatoms. The van der Waals surface area contributed by atoms with Crippen molar-refractivity contribution in [3.05, 3.63) is 23.8 Å². The van der Waals surface area contributed by atoms with Crippen LogP contribution < -0.4 is 10.2 Å². The van der Waals surface area contributed by atoms with Gasteiger partial charge in [0.2, 0.25) is 0 Å². The van der Waals surface area contributed by atoms with Crippen LogP contribution in [0, 0.1) is 0 Å². The number of nitrogens with one attached hydrogen (secondary N) is 1. The van der Waals surface area contributed by atoms with Gasteiger partial charge in [-0.05, 0) is 45.7 Å². The minimum atomic E-state index is -0.483. The van der Waals surface area contributed by atoms with Crippen LogP contribution in [0.25, 0.3) is 0 Å². The molecule has 1 aromatic rings. The number of benzene rings is 1. The van der Waals surface area contributed by atoms with Crippen molar-refractivity contribution in [1.29, 1.82) is 0 Å². The van der Waals surface area contributed by atoms with Gasteiger partial charge in [0.15, 0.2) is 6.29 Å². The lowest BCUT2D eigenvalue weighted by atomic mass is 10.0. The molecule has 1 heterocycles. The van der Waals surface area contributed by atoms with Gasteiger partial charge in [-0.1, -0.05) is 6.07 Å². The second-order valence-corrected chi connectivity index (χ2v) is 7.42. The molecule has 0 aliphatic carbocycles. The van der Waals surface area contributed by atoms with Crippen LogP contribution in [0.4, 0.5) is 16.2 Å². The predicted molar refractivity (Wildman–Crippen MR) is 109 cm³/mol. The fourth-order valence-electron chi connectivity index (χ4n) is 3.17. The molecule has 0 bridgehead atoms. The SMILES string of the molecule is CNc1c(C=O)cccc1N1CCC(N(C)C(=O)OC(C)(C)C)CC1.CO. The highest BCUT2D eigenvalue weighted by atomic mass is 16.6. The zero-order valence-corrected chi connectivity index (χ0v) is 17.3. The maximum Gasteiger partial charge on any atom is 0.410 e. The van der Waals surface area contributed by atoms with Gasteiger partial charge in [-0.3, -0.25) is 4.79 Å². The lowest BCUT2D eigenvalue weighted by Gasteiger charge is -2.38. The van der Waals surface area contributed by atoms with Crippen molar-refractivity contribution in [3.63, 3.8) is 0 Å². The van der Waals surface area contributed by atoms with E-state index in [-0.39, 0.29) is 12.1 Å². The van der Waals surface area contributed by atoms with E-state index >= 15 is 0 Å². The van der Waals surface area contributed by atoms with E-state index in [9.17, 15) is 9.59 Å². The Hall–Kier alpha value is -2.28. The maximum absolute atomic E-state index is 12.2. The van der Waals surface area contributed by atoms with Crippen molar-refractivity contribution >= 4 is 23.8 Å².